The topological polar surface area (TPSA) is 82.5 Å². The first kappa shape index (κ1) is 17.2. The van der Waals surface area contributed by atoms with Crippen LogP contribution in [0.15, 0.2) is 66.6 Å². The average molecular weight is 351 g/mol. The lowest BCUT2D eigenvalue weighted by Gasteiger charge is -2.10. The fraction of sp³-hybridized carbons (Fsp3) is 0.105. The number of imidazole rings is 1. The normalized spacial score (nSPS) is 11.2. The molecular weight excluding hydrogens is 334 g/mol. The van der Waals surface area contributed by atoms with Crippen molar-refractivity contribution in [2.75, 3.05) is 19.5 Å². The number of hydrogen-bond donors (Lipinski definition) is 1. The van der Waals surface area contributed by atoms with E-state index in [1.165, 1.54) is 14.2 Å². The Labute approximate surface area is 149 Å². The molecule has 0 amide bonds. The number of anilines is 1. The molecule has 3 aromatic rings. The molecule has 0 saturated carbocycles. The lowest BCUT2D eigenvalue weighted by Crippen LogP contribution is -2.15. The van der Waals surface area contributed by atoms with Crippen molar-refractivity contribution < 1.29 is 19.1 Å². The summed E-state index contributed by atoms with van der Waals surface area (Å²) >= 11 is 0. The zero-order chi connectivity index (χ0) is 18.5. The Morgan fingerprint density at radius 2 is 1.77 bits per heavy atom. The van der Waals surface area contributed by atoms with Crippen LogP contribution < -0.4 is 5.32 Å². The summed E-state index contributed by atoms with van der Waals surface area (Å²) in [5.41, 5.74) is 3.43. The van der Waals surface area contributed by atoms with Crippen molar-refractivity contribution in [3.05, 3.63) is 66.6 Å². The number of benzene rings is 2. The van der Waals surface area contributed by atoms with Crippen LogP contribution in [0.4, 0.5) is 5.69 Å². The minimum atomic E-state index is -0.667. The van der Waals surface area contributed by atoms with Gasteiger partial charge in [-0.05, 0) is 36.4 Å². The van der Waals surface area contributed by atoms with Gasteiger partial charge in [0.1, 0.15) is 12.0 Å². The molecule has 132 valence electrons. The molecule has 0 bridgehead atoms. The SMILES string of the molecule is COC(=O)/C=C(/Nc1ccc(-n2cnc3ccccc32)cc1)C(=O)OC. The molecule has 0 fully saturated rings. The van der Waals surface area contributed by atoms with Gasteiger partial charge >= 0.3 is 11.9 Å². The van der Waals surface area contributed by atoms with Crippen molar-refractivity contribution in [2.45, 2.75) is 0 Å². The van der Waals surface area contributed by atoms with E-state index >= 15 is 0 Å². The Bertz CT molecular complexity index is 974. The number of nitrogens with zero attached hydrogens (tertiary/aromatic N) is 2. The number of aromatic nitrogens is 2. The van der Waals surface area contributed by atoms with Gasteiger partial charge < -0.3 is 14.8 Å². The van der Waals surface area contributed by atoms with E-state index in [-0.39, 0.29) is 5.70 Å². The molecule has 2 aromatic carbocycles. The van der Waals surface area contributed by atoms with Crippen LogP contribution in [0, 0.1) is 0 Å². The second-order valence-electron chi connectivity index (χ2n) is 5.35. The number of fused-ring (bicyclic) bond motifs is 1. The second kappa shape index (κ2) is 7.52. The summed E-state index contributed by atoms with van der Waals surface area (Å²) in [5.74, 6) is -1.32. The summed E-state index contributed by atoms with van der Waals surface area (Å²) < 4.78 is 11.2. The van der Waals surface area contributed by atoms with Crippen molar-refractivity contribution in [3.8, 4) is 5.69 Å². The van der Waals surface area contributed by atoms with Gasteiger partial charge in [-0.2, -0.15) is 0 Å². The number of para-hydroxylation sites is 2. The molecule has 26 heavy (non-hydrogen) atoms. The van der Waals surface area contributed by atoms with Gasteiger partial charge in [0.25, 0.3) is 0 Å². The van der Waals surface area contributed by atoms with Crippen LogP contribution in [0.1, 0.15) is 0 Å². The molecule has 0 aliphatic rings. The van der Waals surface area contributed by atoms with Crippen molar-refractivity contribution in [1.82, 2.24) is 9.55 Å². The predicted molar refractivity (Wildman–Crippen MR) is 96.8 cm³/mol. The third kappa shape index (κ3) is 3.56. The van der Waals surface area contributed by atoms with Gasteiger partial charge in [-0.3, -0.25) is 4.57 Å². The van der Waals surface area contributed by atoms with Crippen LogP contribution >= 0.6 is 0 Å². The first-order valence-electron chi connectivity index (χ1n) is 7.80. The summed E-state index contributed by atoms with van der Waals surface area (Å²) in [4.78, 5) is 27.6. The van der Waals surface area contributed by atoms with E-state index in [0.717, 1.165) is 22.8 Å². The zero-order valence-corrected chi connectivity index (χ0v) is 14.3. The summed E-state index contributed by atoms with van der Waals surface area (Å²) in [6.07, 6.45) is 2.80. The number of rotatable bonds is 5. The third-order valence-corrected chi connectivity index (χ3v) is 3.75. The maximum absolute atomic E-state index is 11.8. The van der Waals surface area contributed by atoms with E-state index in [1.807, 2.05) is 41.0 Å². The van der Waals surface area contributed by atoms with E-state index < -0.39 is 11.9 Å². The van der Waals surface area contributed by atoms with E-state index in [4.69, 9.17) is 0 Å². The largest absolute Gasteiger partial charge is 0.466 e. The molecule has 7 nitrogen and oxygen atoms in total. The summed E-state index contributed by atoms with van der Waals surface area (Å²) in [6, 6.07) is 15.2. The predicted octanol–water partition coefficient (Wildman–Crippen LogP) is 2.67. The number of nitrogens with one attached hydrogen (secondary N) is 1. The molecular formula is C19H17N3O4. The van der Waals surface area contributed by atoms with E-state index in [2.05, 4.69) is 19.8 Å². The standard InChI is InChI=1S/C19H17N3O4/c1-25-18(23)11-16(19(24)26-2)21-13-7-9-14(10-8-13)22-12-20-15-5-3-4-6-17(15)22/h3-12,21H,1-2H3/b16-11+. The molecule has 0 aliphatic carbocycles. The summed E-state index contributed by atoms with van der Waals surface area (Å²) in [5, 5.41) is 2.87. The molecule has 0 spiro atoms. The highest BCUT2D eigenvalue weighted by Crippen LogP contribution is 2.20. The molecule has 1 N–H and O–H groups in total. The Balaban J connectivity index is 1.86. The van der Waals surface area contributed by atoms with Crippen LogP contribution in [0.2, 0.25) is 0 Å². The van der Waals surface area contributed by atoms with Gasteiger partial charge in [0.05, 0.1) is 31.3 Å². The van der Waals surface area contributed by atoms with E-state index in [9.17, 15) is 9.59 Å². The van der Waals surface area contributed by atoms with Gasteiger partial charge in [0.15, 0.2) is 0 Å². The molecule has 1 aromatic heterocycles. The van der Waals surface area contributed by atoms with Crippen LogP contribution in [-0.2, 0) is 19.1 Å². The molecule has 0 atom stereocenters. The van der Waals surface area contributed by atoms with E-state index in [1.54, 1.807) is 18.5 Å². The number of carbonyl (C=O) groups is 2. The maximum atomic E-state index is 11.8. The highest BCUT2D eigenvalue weighted by atomic mass is 16.5. The smallest absolute Gasteiger partial charge is 0.354 e. The van der Waals surface area contributed by atoms with Crippen molar-refractivity contribution in [3.63, 3.8) is 0 Å². The van der Waals surface area contributed by atoms with Gasteiger partial charge in [0, 0.05) is 11.4 Å². The molecule has 1 heterocycles. The van der Waals surface area contributed by atoms with Crippen molar-refractivity contribution in [1.29, 1.82) is 0 Å². The highest BCUT2D eigenvalue weighted by molar-refractivity contribution is 5.98. The molecule has 0 saturated heterocycles. The van der Waals surface area contributed by atoms with Gasteiger partial charge in [0.2, 0.25) is 0 Å². The fourth-order valence-electron chi connectivity index (χ4n) is 2.46. The first-order valence-corrected chi connectivity index (χ1v) is 7.80. The second-order valence-corrected chi connectivity index (χ2v) is 5.35. The van der Waals surface area contributed by atoms with E-state index in [0.29, 0.717) is 5.69 Å². The number of methoxy groups -OCH3 is 2. The molecule has 3 rings (SSSR count). The molecule has 7 heteroatoms. The summed E-state index contributed by atoms with van der Waals surface area (Å²) in [6.45, 7) is 0. The average Bonchev–Trinajstić information content (AvgIpc) is 3.11. The zero-order valence-electron chi connectivity index (χ0n) is 14.3. The van der Waals surface area contributed by atoms with Crippen molar-refractivity contribution in [2.24, 2.45) is 0 Å². The van der Waals surface area contributed by atoms with Crippen LogP contribution in [0.25, 0.3) is 16.7 Å². The Hall–Kier alpha value is -3.61. The van der Waals surface area contributed by atoms with Gasteiger partial charge in [-0.1, -0.05) is 12.1 Å². The molecule has 0 aliphatic heterocycles. The number of carbonyl (C=O) groups excluding carboxylic acids is 2. The van der Waals surface area contributed by atoms with Gasteiger partial charge in [-0.15, -0.1) is 0 Å². The Morgan fingerprint density at radius 1 is 1.04 bits per heavy atom. The maximum Gasteiger partial charge on any atom is 0.354 e. The third-order valence-electron chi connectivity index (χ3n) is 3.75. The summed E-state index contributed by atoms with van der Waals surface area (Å²) in [7, 11) is 2.47. The lowest BCUT2D eigenvalue weighted by molar-refractivity contribution is -0.138. The van der Waals surface area contributed by atoms with Crippen LogP contribution in [0.3, 0.4) is 0 Å². The molecule has 0 radical (unpaired) electrons. The first-order chi connectivity index (χ1) is 12.6. The van der Waals surface area contributed by atoms with Crippen molar-refractivity contribution >= 4 is 28.7 Å². The quantitative estimate of drug-likeness (QED) is 0.562. The number of esters is 2. The van der Waals surface area contributed by atoms with Crippen LogP contribution in [-0.4, -0.2) is 35.7 Å². The number of hydrogen-bond acceptors (Lipinski definition) is 6. The lowest BCUT2D eigenvalue weighted by atomic mass is 10.2. The minimum absolute atomic E-state index is 0.0137. The van der Waals surface area contributed by atoms with Crippen LogP contribution in [0.5, 0.6) is 0 Å². The Kier molecular flexibility index (Phi) is 4.98. The highest BCUT2D eigenvalue weighted by Gasteiger charge is 2.13. The number of ether oxygens (including phenoxy) is 2. The molecule has 0 unspecified atom stereocenters. The minimum Gasteiger partial charge on any atom is -0.466 e. The van der Waals surface area contributed by atoms with Gasteiger partial charge in [-0.25, -0.2) is 14.6 Å². The monoisotopic (exact) mass is 351 g/mol. The fourth-order valence-corrected chi connectivity index (χ4v) is 2.46. The Morgan fingerprint density at radius 3 is 2.46 bits per heavy atom.